The molecule has 0 unspecified atom stereocenters. The maximum atomic E-state index is 9.30. The summed E-state index contributed by atoms with van der Waals surface area (Å²) in [5.41, 5.74) is 14.2. The van der Waals surface area contributed by atoms with E-state index in [9.17, 15) is 2.74 Å². The molecule has 2 aliphatic rings. The second-order valence-electron chi connectivity index (χ2n) is 14.5. The van der Waals surface area contributed by atoms with E-state index in [0.717, 1.165) is 44.5 Å². The molecule has 53 heavy (non-hydrogen) atoms. The molecule has 0 aliphatic heterocycles. The highest BCUT2D eigenvalue weighted by Crippen LogP contribution is 2.57. The fourth-order valence-electron chi connectivity index (χ4n) is 9.23. The number of hydrogen-bond donors (Lipinski definition) is 0. The highest BCUT2D eigenvalue weighted by molar-refractivity contribution is 5.92. The predicted molar refractivity (Wildman–Crippen MR) is 221 cm³/mol. The summed E-state index contributed by atoms with van der Waals surface area (Å²) in [5.74, 6) is 0. The van der Waals surface area contributed by atoms with Gasteiger partial charge in [0, 0.05) is 22.5 Å². The maximum Gasteiger partial charge on any atom is 0.0714 e. The largest absolute Gasteiger partial charge is 0.310 e. The molecule has 0 N–H and O–H groups in total. The Kier molecular flexibility index (Phi) is 6.00. The summed E-state index contributed by atoms with van der Waals surface area (Å²) in [4.78, 5) is 1.86. The Bertz CT molecular complexity index is 2870. The zero-order valence-electron chi connectivity index (χ0n) is 34.6. The van der Waals surface area contributed by atoms with E-state index in [-0.39, 0.29) is 35.3 Å². The van der Waals surface area contributed by atoms with Crippen LogP contribution in [0.2, 0.25) is 0 Å². The first-order valence-electron chi connectivity index (χ1n) is 20.7. The number of para-hydroxylation sites is 1. The van der Waals surface area contributed by atoms with Crippen molar-refractivity contribution in [3.63, 3.8) is 0 Å². The van der Waals surface area contributed by atoms with Crippen LogP contribution in [-0.4, -0.2) is 0 Å². The Morgan fingerprint density at radius 3 is 1.68 bits per heavy atom. The van der Waals surface area contributed by atoms with E-state index in [4.69, 9.17) is 4.11 Å². The smallest absolute Gasteiger partial charge is 0.0714 e. The van der Waals surface area contributed by atoms with Gasteiger partial charge in [0.2, 0.25) is 0 Å². The van der Waals surface area contributed by atoms with Crippen molar-refractivity contribution >= 4 is 17.1 Å². The van der Waals surface area contributed by atoms with Crippen LogP contribution in [0.4, 0.5) is 17.1 Å². The van der Waals surface area contributed by atoms with Gasteiger partial charge in [0.15, 0.2) is 0 Å². The molecule has 0 fully saturated rings. The minimum Gasteiger partial charge on any atom is -0.310 e. The molecule has 1 heteroatoms. The van der Waals surface area contributed by atoms with Crippen LogP contribution >= 0.6 is 0 Å². The molecule has 8 aromatic rings. The highest BCUT2D eigenvalue weighted by atomic mass is 15.1. The van der Waals surface area contributed by atoms with Crippen molar-refractivity contribution in [2.45, 2.75) is 24.7 Å². The fraction of sp³-hybridized carbons (Fsp3) is 0.0769. The highest BCUT2D eigenvalue weighted by Gasteiger charge is 2.46. The van der Waals surface area contributed by atoms with Gasteiger partial charge in [0.1, 0.15) is 0 Å². The molecular formula is C52H39N. The normalized spacial score (nSPS) is 15.5. The first-order chi connectivity index (χ1) is 28.1. The molecule has 0 saturated heterocycles. The van der Waals surface area contributed by atoms with Crippen LogP contribution in [0.3, 0.4) is 0 Å². The van der Waals surface area contributed by atoms with E-state index in [1.165, 1.54) is 22.3 Å². The van der Waals surface area contributed by atoms with Crippen LogP contribution in [-0.2, 0) is 10.8 Å². The van der Waals surface area contributed by atoms with Crippen LogP contribution in [0.15, 0.2) is 200 Å². The number of fused-ring (bicyclic) bond motifs is 6. The Hall–Kier alpha value is -6.44. The molecule has 252 valence electrons. The third kappa shape index (κ3) is 4.64. The Morgan fingerprint density at radius 1 is 0.415 bits per heavy atom. The molecule has 0 radical (unpaired) electrons. The van der Waals surface area contributed by atoms with Gasteiger partial charge in [0.25, 0.3) is 0 Å². The lowest BCUT2D eigenvalue weighted by Gasteiger charge is -2.35. The summed E-state index contributed by atoms with van der Waals surface area (Å²) in [5, 5.41) is 0. The lowest BCUT2D eigenvalue weighted by atomic mass is 9.67. The van der Waals surface area contributed by atoms with Gasteiger partial charge in [-0.05, 0) is 103 Å². The standard InChI is InChI=1S/C52H39N/c1-51(2)47-30-14-12-27-44(47)46-29-17-28-42(50(46)51)36-18-16-25-40(34-36)53(39-23-10-5-11-24-39)41-32-33-45-43-26-13-15-31-48(43)52(49(45)35-41,37-19-6-3-7-20-37)38-21-8-4-9-22-38/h3-35H,1-2H3/i5D,10D,11D,23D,24D. The zero-order chi connectivity index (χ0) is 39.9. The minimum absolute atomic E-state index is 0.0923. The van der Waals surface area contributed by atoms with Gasteiger partial charge >= 0.3 is 0 Å². The molecule has 0 atom stereocenters. The number of hydrogen-bond acceptors (Lipinski definition) is 1. The zero-order valence-corrected chi connectivity index (χ0v) is 29.6. The van der Waals surface area contributed by atoms with Crippen LogP contribution in [0, 0.1) is 0 Å². The lowest BCUT2D eigenvalue weighted by Crippen LogP contribution is -2.28. The molecule has 10 rings (SSSR count). The van der Waals surface area contributed by atoms with E-state index in [2.05, 4.69) is 153 Å². The van der Waals surface area contributed by atoms with Crippen molar-refractivity contribution in [1.82, 2.24) is 0 Å². The molecule has 0 heterocycles. The third-order valence-corrected chi connectivity index (χ3v) is 11.4. The molecular weight excluding hydrogens is 639 g/mol. The Morgan fingerprint density at radius 2 is 0.962 bits per heavy atom. The minimum atomic E-state index is -0.692. The predicted octanol–water partition coefficient (Wildman–Crippen LogP) is 13.5. The summed E-state index contributed by atoms with van der Waals surface area (Å²) < 4.78 is 44.7. The first kappa shape index (κ1) is 26.4. The van der Waals surface area contributed by atoms with Crippen LogP contribution in [0.25, 0.3) is 33.4 Å². The van der Waals surface area contributed by atoms with Gasteiger partial charge in [0.05, 0.1) is 12.3 Å². The van der Waals surface area contributed by atoms with Crippen molar-refractivity contribution in [2.24, 2.45) is 0 Å². The SMILES string of the molecule is [2H]c1c([2H])c([2H])c(N(c2cccc(-c3cccc4c3C(C)(C)c3ccccc3-4)c2)c2ccc3c(c2)C(c2ccccc2)(c2ccccc2)c2ccccc2-3)c([2H])c1[2H]. The number of rotatable bonds is 6. The van der Waals surface area contributed by atoms with Gasteiger partial charge in [-0.2, -0.15) is 0 Å². The molecule has 0 bridgehead atoms. The third-order valence-electron chi connectivity index (χ3n) is 11.4. The monoisotopic (exact) mass is 682 g/mol. The summed E-state index contributed by atoms with van der Waals surface area (Å²) in [6, 6.07) is 57.5. The molecule has 1 nitrogen and oxygen atoms in total. The molecule has 2 aliphatic carbocycles. The Labute approximate surface area is 319 Å². The average molecular weight is 683 g/mol. The van der Waals surface area contributed by atoms with Gasteiger partial charge < -0.3 is 4.90 Å². The second-order valence-corrected chi connectivity index (χ2v) is 14.5. The molecule has 0 amide bonds. The van der Waals surface area contributed by atoms with Gasteiger partial charge in [-0.3, -0.25) is 0 Å². The van der Waals surface area contributed by atoms with Crippen molar-refractivity contribution in [1.29, 1.82) is 0 Å². The first-order valence-corrected chi connectivity index (χ1v) is 18.2. The number of benzene rings is 8. The summed E-state index contributed by atoms with van der Waals surface area (Å²) in [6.45, 7) is 4.55. The van der Waals surface area contributed by atoms with Gasteiger partial charge in [-0.25, -0.2) is 0 Å². The van der Waals surface area contributed by atoms with Gasteiger partial charge in [-0.1, -0.05) is 178 Å². The summed E-state index contributed by atoms with van der Waals surface area (Å²) >= 11 is 0. The van der Waals surface area contributed by atoms with Crippen molar-refractivity contribution in [3.8, 4) is 33.4 Å². The fourth-order valence-corrected chi connectivity index (χ4v) is 9.23. The van der Waals surface area contributed by atoms with Crippen LogP contribution in [0.1, 0.15) is 54.1 Å². The van der Waals surface area contributed by atoms with Crippen LogP contribution in [0.5, 0.6) is 0 Å². The molecule has 8 aromatic carbocycles. The van der Waals surface area contributed by atoms with Crippen molar-refractivity contribution in [2.75, 3.05) is 4.90 Å². The Balaban J connectivity index is 1.25. The molecule has 0 aromatic heterocycles. The van der Waals surface area contributed by atoms with E-state index < -0.39 is 11.5 Å². The number of nitrogens with zero attached hydrogens (tertiary/aromatic N) is 1. The maximum absolute atomic E-state index is 9.30. The molecule has 0 saturated carbocycles. The second kappa shape index (κ2) is 12.1. The van der Waals surface area contributed by atoms with Crippen molar-refractivity contribution < 1.29 is 6.85 Å². The van der Waals surface area contributed by atoms with E-state index in [0.29, 0.717) is 11.4 Å². The average Bonchev–Trinajstić information content (AvgIpc) is 3.70. The van der Waals surface area contributed by atoms with Gasteiger partial charge in [-0.15, -0.1) is 0 Å². The summed E-state index contributed by atoms with van der Waals surface area (Å²) in [6.07, 6.45) is 0. The van der Waals surface area contributed by atoms with Crippen LogP contribution < -0.4 is 4.90 Å². The molecule has 0 spiro atoms. The van der Waals surface area contributed by atoms with E-state index in [1.807, 2.05) is 35.2 Å². The topological polar surface area (TPSA) is 3.24 Å². The van der Waals surface area contributed by atoms with E-state index >= 15 is 0 Å². The number of anilines is 3. The summed E-state index contributed by atoms with van der Waals surface area (Å²) in [7, 11) is 0. The lowest BCUT2D eigenvalue weighted by molar-refractivity contribution is 0.662. The van der Waals surface area contributed by atoms with Crippen molar-refractivity contribution in [3.05, 3.63) is 233 Å². The quantitative estimate of drug-likeness (QED) is 0.169. The van der Waals surface area contributed by atoms with E-state index in [1.54, 1.807) is 0 Å².